The number of fused-ring (bicyclic) bond motifs is 1. The van der Waals surface area contributed by atoms with Gasteiger partial charge in [-0.25, -0.2) is 0 Å². The van der Waals surface area contributed by atoms with Crippen LogP contribution < -0.4 is 5.32 Å². The van der Waals surface area contributed by atoms with Crippen molar-refractivity contribution in [3.8, 4) is 0 Å². The molecule has 0 aliphatic heterocycles. The summed E-state index contributed by atoms with van der Waals surface area (Å²) in [5.41, 5.74) is 5.84. The summed E-state index contributed by atoms with van der Waals surface area (Å²) in [5, 5.41) is 11.6. The normalized spacial score (nSPS) is 11.1. The monoisotopic (exact) mass is 488 g/mol. The summed E-state index contributed by atoms with van der Waals surface area (Å²) < 4.78 is 0. The molecule has 0 atom stereocenters. The predicted molar refractivity (Wildman–Crippen MR) is 149 cm³/mol. The number of aromatic nitrogens is 3. The van der Waals surface area contributed by atoms with E-state index < -0.39 is 0 Å². The van der Waals surface area contributed by atoms with Gasteiger partial charge in [-0.3, -0.25) is 14.9 Å². The van der Waals surface area contributed by atoms with E-state index in [-0.39, 0.29) is 5.91 Å². The van der Waals surface area contributed by atoms with Crippen LogP contribution in [0.15, 0.2) is 107 Å². The number of amides is 1. The van der Waals surface area contributed by atoms with Crippen LogP contribution in [-0.2, 0) is 0 Å². The van der Waals surface area contributed by atoms with E-state index in [1.165, 1.54) is 0 Å². The number of allylic oxidation sites excluding steroid dienone is 1. The molecule has 3 aromatic carbocycles. The van der Waals surface area contributed by atoms with Crippen LogP contribution in [0.3, 0.4) is 0 Å². The second-order valence-corrected chi connectivity index (χ2v) is 9.40. The van der Waals surface area contributed by atoms with Crippen LogP contribution in [0.2, 0.25) is 0 Å². The van der Waals surface area contributed by atoms with Crippen molar-refractivity contribution in [2.75, 3.05) is 5.32 Å². The molecule has 1 amide bonds. The van der Waals surface area contributed by atoms with E-state index in [2.05, 4.69) is 33.1 Å². The van der Waals surface area contributed by atoms with Crippen LogP contribution in [0, 0.1) is 0 Å². The van der Waals surface area contributed by atoms with Gasteiger partial charge >= 0.3 is 0 Å². The number of rotatable bonds is 7. The van der Waals surface area contributed by atoms with Crippen LogP contribution in [0.5, 0.6) is 0 Å². The minimum absolute atomic E-state index is 0.156. The lowest BCUT2D eigenvalue weighted by molar-refractivity contribution is 0.102. The highest BCUT2D eigenvalue weighted by Gasteiger charge is 2.15. The molecule has 176 valence electrons. The number of nitrogens with one attached hydrogen (secondary N) is 2. The molecule has 2 N–H and O–H groups in total. The number of hydrogen-bond donors (Lipinski definition) is 2. The Morgan fingerprint density at radius 1 is 0.944 bits per heavy atom. The summed E-state index contributed by atoms with van der Waals surface area (Å²) >= 11 is 1.54. The van der Waals surface area contributed by atoms with Crippen LogP contribution >= 0.6 is 11.8 Å². The maximum atomic E-state index is 13.2. The molecule has 5 nitrogen and oxygen atoms in total. The minimum atomic E-state index is -0.156. The molecule has 5 aromatic rings. The molecule has 0 aliphatic rings. The standard InChI is InChI=1S/C30H24N4OS/c1-20(2)23-10-3-5-12-26(23)32-30(35)25-11-4-6-13-29(25)36-22-15-16-24-27(33-34-28(24)19-22)17-14-21-9-7-8-18-31-21/h3-19H,1H2,2H3,(H,32,35)(H,33,34)/b17-14+. The first-order valence-electron chi connectivity index (χ1n) is 11.5. The van der Waals surface area contributed by atoms with Crippen LogP contribution in [-0.4, -0.2) is 21.1 Å². The van der Waals surface area contributed by atoms with Gasteiger partial charge in [-0.1, -0.05) is 54.7 Å². The first-order chi connectivity index (χ1) is 17.6. The average molecular weight is 489 g/mol. The Labute approximate surface area is 214 Å². The summed E-state index contributed by atoms with van der Waals surface area (Å²) in [6, 6.07) is 27.3. The predicted octanol–water partition coefficient (Wildman–Crippen LogP) is 7.56. The number of para-hydroxylation sites is 1. The number of aromatic amines is 1. The number of hydrogen-bond acceptors (Lipinski definition) is 4. The van der Waals surface area contributed by atoms with Crippen LogP contribution in [0.1, 0.15) is 34.2 Å². The van der Waals surface area contributed by atoms with Crippen molar-refractivity contribution in [1.82, 2.24) is 15.2 Å². The number of carbonyl (C=O) groups is 1. The lowest BCUT2D eigenvalue weighted by atomic mass is 10.1. The number of pyridine rings is 1. The van der Waals surface area contributed by atoms with Gasteiger partial charge in [0.05, 0.1) is 22.5 Å². The van der Waals surface area contributed by atoms with Gasteiger partial charge in [-0.2, -0.15) is 5.10 Å². The smallest absolute Gasteiger partial charge is 0.256 e. The number of carbonyl (C=O) groups excluding carboxylic acids is 1. The van der Waals surface area contributed by atoms with Crippen molar-refractivity contribution < 1.29 is 4.79 Å². The summed E-state index contributed by atoms with van der Waals surface area (Å²) in [6.07, 6.45) is 5.67. The highest BCUT2D eigenvalue weighted by atomic mass is 32.2. The number of benzene rings is 3. The Bertz CT molecular complexity index is 1590. The molecule has 5 rings (SSSR count). The summed E-state index contributed by atoms with van der Waals surface area (Å²) in [6.45, 7) is 5.95. The molecule has 0 saturated heterocycles. The number of nitrogens with zero attached hydrogens (tertiary/aromatic N) is 2. The number of H-pyrrole nitrogens is 1. The Hall–Kier alpha value is -4.42. The lowest BCUT2D eigenvalue weighted by Gasteiger charge is -2.13. The molecule has 36 heavy (non-hydrogen) atoms. The highest BCUT2D eigenvalue weighted by molar-refractivity contribution is 7.99. The Balaban J connectivity index is 1.37. The van der Waals surface area contributed by atoms with Gasteiger partial charge in [-0.05, 0) is 73.2 Å². The van der Waals surface area contributed by atoms with E-state index in [1.807, 2.05) is 97.9 Å². The van der Waals surface area contributed by atoms with Crippen molar-refractivity contribution in [2.45, 2.75) is 16.7 Å². The third-order valence-corrected chi connectivity index (χ3v) is 6.72. The van der Waals surface area contributed by atoms with E-state index in [4.69, 9.17) is 0 Å². The molecule has 0 spiro atoms. The molecule has 2 heterocycles. The summed E-state index contributed by atoms with van der Waals surface area (Å²) in [4.78, 5) is 19.4. The second kappa shape index (κ2) is 10.5. The van der Waals surface area contributed by atoms with Crippen LogP contribution in [0.25, 0.3) is 28.6 Å². The molecule has 0 radical (unpaired) electrons. The Morgan fingerprint density at radius 2 is 1.72 bits per heavy atom. The van der Waals surface area contributed by atoms with Gasteiger partial charge in [0.1, 0.15) is 0 Å². The molecule has 0 bridgehead atoms. The zero-order valence-corrected chi connectivity index (χ0v) is 20.5. The van der Waals surface area contributed by atoms with Gasteiger partial charge in [-0.15, -0.1) is 0 Å². The molecule has 6 heteroatoms. The molecular formula is C30H24N4OS. The Morgan fingerprint density at radius 3 is 2.53 bits per heavy atom. The first kappa shape index (κ1) is 23.3. The van der Waals surface area contributed by atoms with Crippen LogP contribution in [0.4, 0.5) is 5.69 Å². The van der Waals surface area contributed by atoms with Crippen molar-refractivity contribution in [1.29, 1.82) is 0 Å². The SMILES string of the molecule is C=C(C)c1ccccc1NC(=O)c1ccccc1Sc1ccc2c(/C=C/c3ccccn3)n[nH]c2c1. The van der Waals surface area contributed by atoms with E-state index in [1.54, 1.807) is 18.0 Å². The van der Waals surface area contributed by atoms with Crippen molar-refractivity contribution >= 4 is 52.0 Å². The fourth-order valence-electron chi connectivity index (χ4n) is 3.87. The van der Waals surface area contributed by atoms with Crippen molar-refractivity contribution in [3.63, 3.8) is 0 Å². The molecule has 0 saturated carbocycles. The zero-order chi connectivity index (χ0) is 24.9. The van der Waals surface area contributed by atoms with E-state index in [9.17, 15) is 4.79 Å². The van der Waals surface area contributed by atoms with Gasteiger partial charge in [0.15, 0.2) is 0 Å². The average Bonchev–Trinajstić information content (AvgIpc) is 3.30. The number of anilines is 1. The fourth-order valence-corrected chi connectivity index (χ4v) is 4.86. The molecule has 2 aromatic heterocycles. The topological polar surface area (TPSA) is 70.7 Å². The van der Waals surface area contributed by atoms with Gasteiger partial charge < -0.3 is 5.32 Å². The van der Waals surface area contributed by atoms with Gasteiger partial charge in [0, 0.05) is 32.6 Å². The minimum Gasteiger partial charge on any atom is -0.321 e. The fraction of sp³-hybridized carbons (Fsp3) is 0.0333. The molecule has 0 fully saturated rings. The molecular weight excluding hydrogens is 464 g/mol. The summed E-state index contributed by atoms with van der Waals surface area (Å²) in [7, 11) is 0. The van der Waals surface area contributed by atoms with Crippen molar-refractivity contribution in [3.05, 3.63) is 120 Å². The van der Waals surface area contributed by atoms with E-state index in [0.29, 0.717) is 5.56 Å². The summed E-state index contributed by atoms with van der Waals surface area (Å²) in [5.74, 6) is -0.156. The zero-order valence-electron chi connectivity index (χ0n) is 19.7. The van der Waals surface area contributed by atoms with Gasteiger partial charge in [0.2, 0.25) is 0 Å². The maximum Gasteiger partial charge on any atom is 0.256 e. The van der Waals surface area contributed by atoms with E-state index in [0.717, 1.165) is 48.9 Å². The molecule has 0 aliphatic carbocycles. The Kier molecular flexibility index (Phi) is 6.78. The first-order valence-corrected chi connectivity index (χ1v) is 12.3. The third kappa shape index (κ3) is 5.14. The van der Waals surface area contributed by atoms with E-state index >= 15 is 0 Å². The maximum absolute atomic E-state index is 13.2. The highest BCUT2D eigenvalue weighted by Crippen LogP contribution is 2.33. The third-order valence-electron chi connectivity index (χ3n) is 5.66. The quantitative estimate of drug-likeness (QED) is 0.248. The lowest BCUT2D eigenvalue weighted by Crippen LogP contribution is -2.14. The molecule has 0 unspecified atom stereocenters. The largest absolute Gasteiger partial charge is 0.321 e. The van der Waals surface area contributed by atoms with Gasteiger partial charge in [0.25, 0.3) is 5.91 Å². The second-order valence-electron chi connectivity index (χ2n) is 8.28. The van der Waals surface area contributed by atoms with Crippen molar-refractivity contribution in [2.24, 2.45) is 0 Å².